The molecule has 0 aliphatic carbocycles. The van der Waals surface area contributed by atoms with Crippen LogP contribution in [0.3, 0.4) is 0 Å². The van der Waals surface area contributed by atoms with E-state index >= 15 is 0 Å². The van der Waals surface area contributed by atoms with Crippen molar-refractivity contribution in [3.05, 3.63) is 17.3 Å². The van der Waals surface area contributed by atoms with Crippen LogP contribution in [-0.4, -0.2) is 29.1 Å². The van der Waals surface area contributed by atoms with E-state index in [0.29, 0.717) is 0 Å². The van der Waals surface area contributed by atoms with Gasteiger partial charge in [0.2, 0.25) is 0 Å². The first-order valence-corrected chi connectivity index (χ1v) is 6.34. The van der Waals surface area contributed by atoms with E-state index in [1.165, 1.54) is 0 Å². The lowest BCUT2D eigenvalue weighted by atomic mass is 10.3. The Bertz CT molecular complexity index is 522. The van der Waals surface area contributed by atoms with Crippen LogP contribution in [-0.2, 0) is 0 Å². The van der Waals surface area contributed by atoms with Gasteiger partial charge in [0.25, 0.3) is 0 Å². The number of rotatable bonds is 1. The van der Waals surface area contributed by atoms with E-state index in [1.54, 1.807) is 11.3 Å². The van der Waals surface area contributed by atoms with Gasteiger partial charge >= 0.3 is 0 Å². The van der Waals surface area contributed by atoms with Gasteiger partial charge in [0.15, 0.2) is 0 Å². The normalized spacial score (nSPS) is 20.9. The molecule has 0 radical (unpaired) electrons. The summed E-state index contributed by atoms with van der Waals surface area (Å²) < 4.78 is 0. The first-order valence-electron chi connectivity index (χ1n) is 5.46. The van der Waals surface area contributed by atoms with Gasteiger partial charge in [0, 0.05) is 19.1 Å². The molecule has 0 spiro atoms. The topological polar surface area (TPSA) is 55.0 Å². The summed E-state index contributed by atoms with van der Waals surface area (Å²) in [5.74, 6) is 1.89. The molecule has 2 aromatic heterocycles. The Hall–Kier alpha value is -1.20. The molecule has 1 aliphatic heterocycles. The number of hydrogen-bond acceptors (Lipinski definition) is 5. The number of nitrogens with zero attached hydrogens (tertiary/aromatic N) is 3. The molecule has 0 amide bonds. The molecule has 5 heteroatoms. The molecule has 84 valence electrons. The minimum absolute atomic E-state index is 0.281. The second-order valence-electron chi connectivity index (χ2n) is 4.23. The van der Waals surface area contributed by atoms with Crippen LogP contribution in [0, 0.1) is 6.92 Å². The highest BCUT2D eigenvalue weighted by Gasteiger charge is 2.22. The zero-order valence-corrected chi connectivity index (χ0v) is 10.00. The summed E-state index contributed by atoms with van der Waals surface area (Å²) in [6.07, 6.45) is 1.05. The molecule has 2 aromatic rings. The van der Waals surface area contributed by atoms with Gasteiger partial charge in [-0.1, -0.05) is 0 Å². The maximum atomic E-state index is 5.94. The van der Waals surface area contributed by atoms with Crippen LogP contribution in [0.25, 0.3) is 10.2 Å². The number of anilines is 1. The molecule has 0 bridgehead atoms. The molecule has 16 heavy (non-hydrogen) atoms. The predicted molar refractivity (Wildman–Crippen MR) is 67.0 cm³/mol. The number of fused-ring (bicyclic) bond motifs is 1. The van der Waals surface area contributed by atoms with Crippen molar-refractivity contribution >= 4 is 27.4 Å². The Morgan fingerprint density at radius 1 is 1.50 bits per heavy atom. The van der Waals surface area contributed by atoms with E-state index in [-0.39, 0.29) is 6.04 Å². The summed E-state index contributed by atoms with van der Waals surface area (Å²) >= 11 is 1.67. The monoisotopic (exact) mass is 234 g/mol. The summed E-state index contributed by atoms with van der Waals surface area (Å²) in [7, 11) is 0. The predicted octanol–water partition coefficient (Wildman–Crippen LogP) is 1.54. The van der Waals surface area contributed by atoms with Crippen molar-refractivity contribution < 1.29 is 0 Å². The fourth-order valence-electron chi connectivity index (χ4n) is 2.16. The van der Waals surface area contributed by atoms with Crippen LogP contribution in [0.5, 0.6) is 0 Å². The molecule has 1 aliphatic rings. The lowest BCUT2D eigenvalue weighted by Crippen LogP contribution is -2.27. The van der Waals surface area contributed by atoms with Crippen LogP contribution in [0.4, 0.5) is 5.82 Å². The molecular weight excluding hydrogens is 220 g/mol. The molecule has 1 fully saturated rings. The van der Waals surface area contributed by atoms with Crippen molar-refractivity contribution in [1.82, 2.24) is 9.97 Å². The third-order valence-corrected chi connectivity index (χ3v) is 3.75. The van der Waals surface area contributed by atoms with Gasteiger partial charge < -0.3 is 10.6 Å². The van der Waals surface area contributed by atoms with Crippen LogP contribution in [0.1, 0.15) is 12.2 Å². The first kappa shape index (κ1) is 9.99. The summed E-state index contributed by atoms with van der Waals surface area (Å²) in [5, 5.41) is 3.22. The maximum Gasteiger partial charge on any atom is 0.141 e. The van der Waals surface area contributed by atoms with Gasteiger partial charge in [0.1, 0.15) is 16.5 Å². The number of nitrogens with two attached hydrogens (primary N) is 1. The fourth-order valence-corrected chi connectivity index (χ4v) is 2.97. The Kier molecular flexibility index (Phi) is 2.29. The number of aromatic nitrogens is 2. The summed E-state index contributed by atoms with van der Waals surface area (Å²) in [6.45, 7) is 3.85. The average molecular weight is 234 g/mol. The Balaban J connectivity index is 2.11. The maximum absolute atomic E-state index is 5.94. The van der Waals surface area contributed by atoms with Gasteiger partial charge in [0.05, 0.1) is 5.39 Å². The van der Waals surface area contributed by atoms with E-state index in [0.717, 1.165) is 41.4 Å². The lowest BCUT2D eigenvalue weighted by molar-refractivity contribution is 0.751. The van der Waals surface area contributed by atoms with Crippen molar-refractivity contribution in [1.29, 1.82) is 0 Å². The third kappa shape index (κ3) is 1.56. The Morgan fingerprint density at radius 3 is 3.12 bits per heavy atom. The Morgan fingerprint density at radius 2 is 2.38 bits per heavy atom. The first-order chi connectivity index (χ1) is 7.74. The standard InChI is InChI=1S/C11H14N4S/c1-7-13-10(15-4-2-8(12)6-15)9-3-5-16-11(9)14-7/h3,5,8H,2,4,6,12H2,1H3. The number of thiophene rings is 1. The molecule has 1 saturated heterocycles. The molecule has 3 heterocycles. The number of aryl methyl sites for hydroxylation is 1. The summed E-state index contributed by atoms with van der Waals surface area (Å²) in [5.41, 5.74) is 5.94. The summed E-state index contributed by atoms with van der Waals surface area (Å²) in [4.78, 5) is 12.3. The summed E-state index contributed by atoms with van der Waals surface area (Å²) in [6, 6.07) is 2.38. The van der Waals surface area contributed by atoms with E-state index in [1.807, 2.05) is 6.92 Å². The highest BCUT2D eigenvalue weighted by Crippen LogP contribution is 2.29. The van der Waals surface area contributed by atoms with Crippen molar-refractivity contribution in [3.63, 3.8) is 0 Å². The Labute approximate surface area is 98.1 Å². The molecule has 3 rings (SSSR count). The lowest BCUT2D eigenvalue weighted by Gasteiger charge is -2.17. The molecule has 1 atom stereocenters. The smallest absolute Gasteiger partial charge is 0.141 e. The van der Waals surface area contributed by atoms with Crippen LogP contribution in [0.15, 0.2) is 11.4 Å². The van der Waals surface area contributed by atoms with Gasteiger partial charge in [-0.05, 0) is 24.8 Å². The van der Waals surface area contributed by atoms with Gasteiger partial charge in [-0.25, -0.2) is 9.97 Å². The molecular formula is C11H14N4S. The zero-order chi connectivity index (χ0) is 11.1. The molecule has 4 nitrogen and oxygen atoms in total. The van der Waals surface area contributed by atoms with E-state index in [9.17, 15) is 0 Å². The van der Waals surface area contributed by atoms with Gasteiger partial charge in [-0.2, -0.15) is 0 Å². The molecule has 0 aromatic carbocycles. The largest absolute Gasteiger partial charge is 0.354 e. The van der Waals surface area contributed by atoms with Crippen molar-refractivity contribution in [3.8, 4) is 0 Å². The third-order valence-electron chi connectivity index (χ3n) is 2.94. The SMILES string of the molecule is Cc1nc(N2CCC(N)C2)c2ccsc2n1. The molecule has 0 saturated carbocycles. The highest BCUT2D eigenvalue weighted by molar-refractivity contribution is 7.16. The van der Waals surface area contributed by atoms with Crippen molar-refractivity contribution in [2.24, 2.45) is 5.73 Å². The highest BCUT2D eigenvalue weighted by atomic mass is 32.1. The van der Waals surface area contributed by atoms with Crippen molar-refractivity contribution in [2.45, 2.75) is 19.4 Å². The van der Waals surface area contributed by atoms with Crippen LogP contribution >= 0.6 is 11.3 Å². The van der Waals surface area contributed by atoms with Gasteiger partial charge in [-0.15, -0.1) is 11.3 Å². The van der Waals surface area contributed by atoms with Crippen LogP contribution in [0.2, 0.25) is 0 Å². The fraction of sp³-hybridized carbons (Fsp3) is 0.455. The molecule has 1 unspecified atom stereocenters. The average Bonchev–Trinajstić information content (AvgIpc) is 2.84. The second-order valence-corrected chi connectivity index (χ2v) is 5.12. The quantitative estimate of drug-likeness (QED) is 0.813. The van der Waals surface area contributed by atoms with E-state index < -0.39 is 0 Å². The zero-order valence-electron chi connectivity index (χ0n) is 9.18. The second kappa shape index (κ2) is 3.68. The van der Waals surface area contributed by atoms with Crippen LogP contribution < -0.4 is 10.6 Å². The van der Waals surface area contributed by atoms with E-state index in [2.05, 4.69) is 26.3 Å². The number of hydrogen-bond donors (Lipinski definition) is 1. The van der Waals surface area contributed by atoms with Crippen molar-refractivity contribution in [2.75, 3.05) is 18.0 Å². The molecule has 2 N–H and O–H groups in total. The van der Waals surface area contributed by atoms with Gasteiger partial charge in [-0.3, -0.25) is 0 Å². The minimum atomic E-state index is 0.281. The van der Waals surface area contributed by atoms with E-state index in [4.69, 9.17) is 5.73 Å². The minimum Gasteiger partial charge on any atom is -0.354 e.